The molecule has 12 heteroatoms. The molecule has 1 aromatic carbocycles. The number of nitrogens with zero attached hydrogens (tertiary/aromatic N) is 6. The number of piperidine rings is 1. The van der Waals surface area contributed by atoms with Crippen molar-refractivity contribution >= 4 is 33.6 Å². The Kier molecular flexibility index (Phi) is 6.88. The van der Waals surface area contributed by atoms with Gasteiger partial charge >= 0.3 is 12.0 Å². The van der Waals surface area contributed by atoms with Crippen molar-refractivity contribution in [3.63, 3.8) is 0 Å². The molecule has 0 amide bonds. The molecule has 4 fully saturated rings. The summed E-state index contributed by atoms with van der Waals surface area (Å²) in [6.45, 7) is 3.51. The van der Waals surface area contributed by atoms with Gasteiger partial charge in [0.15, 0.2) is 5.82 Å². The van der Waals surface area contributed by atoms with Crippen LogP contribution in [-0.2, 0) is 16.0 Å². The highest BCUT2D eigenvalue weighted by molar-refractivity contribution is 5.99. The third kappa shape index (κ3) is 4.69. The van der Waals surface area contributed by atoms with Gasteiger partial charge in [0, 0.05) is 42.6 Å². The van der Waals surface area contributed by atoms with E-state index in [9.17, 15) is 9.18 Å². The van der Waals surface area contributed by atoms with Gasteiger partial charge in [0.2, 0.25) is 0 Å². The normalized spacial score (nSPS) is 29.2. The SMILES string of the molecule is Cc1cc2[nH]ncc2c2c1CCCCC(=O)OC1CC[C@@H]3CC[C@H]1N3c1nc(OC[C@@]34CCCN3C[C@H](F)C4)nc3c(F)c-2ncc13. The molecule has 6 aliphatic heterocycles. The van der Waals surface area contributed by atoms with Crippen molar-refractivity contribution in [2.75, 3.05) is 24.6 Å². The monoisotopic (exact) mass is 643 g/mol. The Hall–Kier alpha value is -3.93. The second kappa shape index (κ2) is 11.1. The summed E-state index contributed by atoms with van der Waals surface area (Å²) in [7, 11) is 0. The van der Waals surface area contributed by atoms with Crippen molar-refractivity contribution in [3.05, 3.63) is 35.4 Å². The zero-order chi connectivity index (χ0) is 31.9. The summed E-state index contributed by atoms with van der Waals surface area (Å²) in [4.78, 5) is 32.0. The average molecular weight is 644 g/mol. The lowest BCUT2D eigenvalue weighted by Crippen LogP contribution is -2.49. The third-order valence-corrected chi connectivity index (χ3v) is 11.5. The fourth-order valence-electron chi connectivity index (χ4n) is 9.34. The van der Waals surface area contributed by atoms with Crippen molar-refractivity contribution in [3.8, 4) is 17.3 Å². The van der Waals surface area contributed by atoms with E-state index in [1.54, 1.807) is 12.4 Å². The Balaban J connectivity index is 1.23. The molecular weight excluding hydrogens is 604 g/mol. The molecule has 1 unspecified atom stereocenters. The van der Waals surface area contributed by atoms with E-state index in [4.69, 9.17) is 24.4 Å². The number of pyridine rings is 1. The first-order valence-electron chi connectivity index (χ1n) is 17.2. The molecule has 0 aliphatic carbocycles. The van der Waals surface area contributed by atoms with Gasteiger partial charge in [0.25, 0.3) is 0 Å². The van der Waals surface area contributed by atoms with Crippen molar-refractivity contribution < 1.29 is 23.0 Å². The minimum atomic E-state index is -0.892. The lowest BCUT2D eigenvalue weighted by molar-refractivity contribution is -0.151. The Morgan fingerprint density at radius 2 is 1.98 bits per heavy atom. The molecule has 47 heavy (non-hydrogen) atoms. The molecule has 3 aromatic heterocycles. The standard InChI is InChI=1S/C35H39F2N7O3/c1-19-13-25-23(16-39-42-25)29-22(19)5-2-3-6-28(45)47-27-10-8-21-7-9-26(27)44(21)33-24-15-38-32(29)30(37)31(24)40-34(41-33)46-18-35-11-4-12-43(35)17-20(36)14-35/h13,15-16,20-21,26-27H,2-12,14,17-18H2,1H3,(H,39,42)/t20-,21+,26-,27?,35+/m1/s1. The Bertz CT molecular complexity index is 1900. The van der Waals surface area contributed by atoms with Crippen LogP contribution >= 0.6 is 0 Å². The van der Waals surface area contributed by atoms with Crippen LogP contribution in [0.4, 0.5) is 14.6 Å². The number of fused-ring (bicyclic) bond motifs is 8. The molecular formula is C35H39F2N7O3. The van der Waals surface area contributed by atoms with Crippen LogP contribution in [0.2, 0.25) is 0 Å². The van der Waals surface area contributed by atoms with Crippen molar-refractivity contribution in [1.82, 2.24) is 30.0 Å². The van der Waals surface area contributed by atoms with Gasteiger partial charge in [-0.25, -0.2) is 8.78 Å². The third-order valence-electron chi connectivity index (χ3n) is 11.5. The number of anilines is 1. The van der Waals surface area contributed by atoms with Crippen LogP contribution in [0.15, 0.2) is 18.5 Å². The number of nitrogens with one attached hydrogen (secondary N) is 1. The van der Waals surface area contributed by atoms with Gasteiger partial charge in [-0.2, -0.15) is 15.1 Å². The van der Waals surface area contributed by atoms with Crippen molar-refractivity contribution in [1.29, 1.82) is 0 Å². The van der Waals surface area contributed by atoms with E-state index in [-0.39, 0.29) is 48.0 Å². The number of hydrogen-bond donors (Lipinski definition) is 1. The number of H-pyrrole nitrogens is 1. The highest BCUT2D eigenvalue weighted by atomic mass is 19.1. The summed E-state index contributed by atoms with van der Waals surface area (Å²) in [5.41, 5.74) is 3.39. The van der Waals surface area contributed by atoms with Gasteiger partial charge in [-0.15, -0.1) is 0 Å². The van der Waals surface area contributed by atoms with E-state index >= 15 is 4.39 Å². The number of carbonyl (C=O) groups excluding carboxylic acids is 1. The van der Waals surface area contributed by atoms with Gasteiger partial charge in [-0.3, -0.25) is 19.8 Å². The molecule has 0 radical (unpaired) electrons. The summed E-state index contributed by atoms with van der Waals surface area (Å²) in [5, 5.41) is 8.59. The molecule has 5 atom stereocenters. The molecule has 6 aliphatic rings. The Morgan fingerprint density at radius 3 is 2.89 bits per heavy atom. The molecule has 0 saturated carbocycles. The summed E-state index contributed by atoms with van der Waals surface area (Å²) >= 11 is 0. The maximum absolute atomic E-state index is 17.2. The lowest BCUT2D eigenvalue weighted by atomic mass is 9.91. The number of halogens is 2. The Labute approximate surface area is 271 Å². The van der Waals surface area contributed by atoms with E-state index in [1.165, 1.54) is 0 Å². The quantitative estimate of drug-likeness (QED) is 0.280. The van der Waals surface area contributed by atoms with Crippen LogP contribution in [0.25, 0.3) is 33.1 Å². The summed E-state index contributed by atoms with van der Waals surface area (Å²) in [6.07, 6.45) is 10.3. The molecule has 246 valence electrons. The summed E-state index contributed by atoms with van der Waals surface area (Å²) in [5.74, 6) is -0.155. The molecule has 1 N–H and O–H groups in total. The number of esters is 1. The van der Waals surface area contributed by atoms with Crippen LogP contribution < -0.4 is 9.64 Å². The molecule has 0 spiro atoms. The van der Waals surface area contributed by atoms with Gasteiger partial charge in [0.05, 0.1) is 28.7 Å². The fourth-order valence-corrected chi connectivity index (χ4v) is 9.34. The van der Waals surface area contributed by atoms with E-state index in [0.29, 0.717) is 49.0 Å². The molecule has 10 nitrogen and oxygen atoms in total. The first kappa shape index (κ1) is 29.2. The molecule has 9 heterocycles. The minimum Gasteiger partial charge on any atom is -0.461 e. The zero-order valence-corrected chi connectivity index (χ0v) is 26.6. The largest absolute Gasteiger partial charge is 0.461 e. The highest BCUT2D eigenvalue weighted by Crippen LogP contribution is 2.45. The lowest BCUT2D eigenvalue weighted by Gasteiger charge is -2.40. The average Bonchev–Trinajstić information content (AvgIpc) is 3.81. The molecule has 4 saturated heterocycles. The number of aromatic nitrogens is 5. The molecule has 4 aromatic rings. The maximum Gasteiger partial charge on any atom is 0.319 e. The fraction of sp³-hybridized carbons (Fsp3) is 0.571. The van der Waals surface area contributed by atoms with Crippen LogP contribution in [0.1, 0.15) is 75.3 Å². The van der Waals surface area contributed by atoms with Crippen LogP contribution in [0.3, 0.4) is 0 Å². The summed E-state index contributed by atoms with van der Waals surface area (Å²) < 4.78 is 44.3. The van der Waals surface area contributed by atoms with Crippen LogP contribution in [0, 0.1) is 12.7 Å². The van der Waals surface area contributed by atoms with Crippen molar-refractivity contribution in [2.45, 2.75) is 107 Å². The van der Waals surface area contributed by atoms with E-state index in [0.717, 1.165) is 73.5 Å². The number of aromatic amines is 1. The van der Waals surface area contributed by atoms with E-state index in [2.05, 4.69) is 20.0 Å². The van der Waals surface area contributed by atoms with Crippen LogP contribution in [-0.4, -0.2) is 85.6 Å². The number of hydrogen-bond acceptors (Lipinski definition) is 9. The van der Waals surface area contributed by atoms with Gasteiger partial charge < -0.3 is 14.4 Å². The second-order valence-corrected chi connectivity index (χ2v) is 14.3. The first-order chi connectivity index (χ1) is 22.9. The van der Waals surface area contributed by atoms with Gasteiger partial charge in [0.1, 0.15) is 35.9 Å². The topological polar surface area (TPSA) is 109 Å². The number of alkyl halides is 1. The van der Waals surface area contributed by atoms with Gasteiger partial charge in [-0.1, -0.05) is 0 Å². The van der Waals surface area contributed by atoms with Crippen molar-refractivity contribution in [2.24, 2.45) is 0 Å². The molecule has 8 bridgehead atoms. The van der Waals surface area contributed by atoms with Crippen LogP contribution in [0.5, 0.6) is 6.01 Å². The number of aryl methyl sites for hydroxylation is 1. The molecule has 10 rings (SSSR count). The minimum absolute atomic E-state index is 0.0737. The second-order valence-electron chi connectivity index (χ2n) is 14.3. The maximum atomic E-state index is 17.2. The number of benzene rings is 1. The number of ether oxygens (including phenoxy) is 2. The first-order valence-corrected chi connectivity index (χ1v) is 17.2. The predicted octanol–water partition coefficient (Wildman–Crippen LogP) is 5.74. The number of carbonyl (C=O) groups is 1. The Morgan fingerprint density at radius 1 is 1.11 bits per heavy atom. The number of rotatable bonds is 3. The predicted molar refractivity (Wildman–Crippen MR) is 172 cm³/mol. The van der Waals surface area contributed by atoms with E-state index in [1.807, 2.05) is 13.0 Å². The summed E-state index contributed by atoms with van der Waals surface area (Å²) in [6, 6.07) is 2.19. The smallest absolute Gasteiger partial charge is 0.319 e. The van der Waals surface area contributed by atoms with E-state index < -0.39 is 17.5 Å². The van der Waals surface area contributed by atoms with Gasteiger partial charge in [-0.05, 0) is 88.4 Å². The zero-order valence-electron chi connectivity index (χ0n) is 26.6. The highest BCUT2D eigenvalue weighted by Gasteiger charge is 2.50.